The number of amides is 2. The van der Waals surface area contributed by atoms with Gasteiger partial charge in [0.05, 0.1) is 23.9 Å². The molecular formula is C25H20N2O4S. The molecule has 2 atom stereocenters. The van der Waals surface area contributed by atoms with Gasteiger partial charge in [0, 0.05) is 11.3 Å². The van der Waals surface area contributed by atoms with Crippen LogP contribution in [0.25, 0.3) is 0 Å². The standard InChI is InChI=1S/C25H20N2O4S/c28-22(29)15-21-23(30)27(18-11-5-2-6-12-18)25(32-21)19-13-7-8-14-20(19)26(24(25)31)16-17-9-3-1-4-10-17/h1-14,21H,15-16H2,(H,28,29)/t21-,25-/m1/s1. The van der Waals surface area contributed by atoms with E-state index in [1.165, 1.54) is 4.90 Å². The van der Waals surface area contributed by atoms with Gasteiger partial charge in [-0.3, -0.25) is 19.3 Å². The van der Waals surface area contributed by atoms with Gasteiger partial charge in [0.15, 0.2) is 0 Å². The molecule has 1 N–H and O–H groups in total. The van der Waals surface area contributed by atoms with Crippen LogP contribution in [0.5, 0.6) is 0 Å². The lowest BCUT2D eigenvalue weighted by Gasteiger charge is -2.33. The average molecular weight is 445 g/mol. The molecule has 1 spiro atoms. The van der Waals surface area contributed by atoms with Gasteiger partial charge < -0.3 is 10.0 Å². The van der Waals surface area contributed by atoms with E-state index in [-0.39, 0.29) is 18.2 Å². The number of anilines is 2. The monoisotopic (exact) mass is 444 g/mol. The number of thioether (sulfide) groups is 1. The quantitative estimate of drug-likeness (QED) is 0.643. The van der Waals surface area contributed by atoms with Gasteiger partial charge in [-0.05, 0) is 23.8 Å². The maximum Gasteiger partial charge on any atom is 0.305 e. The molecule has 0 unspecified atom stereocenters. The minimum atomic E-state index is -1.34. The Morgan fingerprint density at radius 1 is 0.906 bits per heavy atom. The number of carbonyl (C=O) groups is 3. The van der Waals surface area contributed by atoms with Crippen molar-refractivity contribution in [1.82, 2.24) is 0 Å². The first-order valence-electron chi connectivity index (χ1n) is 10.3. The maximum atomic E-state index is 14.1. The highest BCUT2D eigenvalue weighted by molar-refractivity contribution is 8.03. The van der Waals surface area contributed by atoms with Crippen LogP contribution in [0.2, 0.25) is 0 Å². The zero-order chi connectivity index (χ0) is 22.3. The number of aliphatic carboxylic acids is 1. The topological polar surface area (TPSA) is 77.9 Å². The maximum absolute atomic E-state index is 14.1. The van der Waals surface area contributed by atoms with Crippen molar-refractivity contribution in [3.05, 3.63) is 96.1 Å². The minimum absolute atomic E-state index is 0.238. The van der Waals surface area contributed by atoms with Crippen LogP contribution in [0.15, 0.2) is 84.9 Å². The third-order valence-corrected chi connectivity index (χ3v) is 7.35. The highest BCUT2D eigenvalue weighted by Gasteiger charge is 2.64. The van der Waals surface area contributed by atoms with Crippen LogP contribution in [0.4, 0.5) is 11.4 Å². The summed E-state index contributed by atoms with van der Waals surface area (Å²) in [6, 6.07) is 26.1. The summed E-state index contributed by atoms with van der Waals surface area (Å²) >= 11 is 1.13. The van der Waals surface area contributed by atoms with Crippen LogP contribution in [-0.2, 0) is 25.8 Å². The van der Waals surface area contributed by atoms with E-state index in [1.54, 1.807) is 29.2 Å². The fourth-order valence-corrected chi connectivity index (χ4v) is 6.09. The average Bonchev–Trinajstić information content (AvgIpc) is 3.22. The largest absolute Gasteiger partial charge is 0.481 e. The summed E-state index contributed by atoms with van der Waals surface area (Å²) in [5, 5.41) is 8.55. The molecule has 3 aromatic rings. The predicted octanol–water partition coefficient (Wildman–Crippen LogP) is 4.01. The van der Waals surface area contributed by atoms with Crippen molar-refractivity contribution in [3.63, 3.8) is 0 Å². The van der Waals surface area contributed by atoms with Crippen molar-refractivity contribution in [2.75, 3.05) is 9.80 Å². The summed E-state index contributed by atoms with van der Waals surface area (Å²) in [5.74, 6) is -1.67. The molecule has 0 aliphatic carbocycles. The first-order valence-corrected chi connectivity index (χ1v) is 11.1. The number of carboxylic acid groups (broad SMARTS) is 1. The van der Waals surface area contributed by atoms with Gasteiger partial charge in [-0.15, -0.1) is 11.8 Å². The van der Waals surface area contributed by atoms with Crippen molar-refractivity contribution in [3.8, 4) is 0 Å². The Bertz CT molecular complexity index is 1200. The molecule has 3 aromatic carbocycles. The zero-order valence-corrected chi connectivity index (χ0v) is 17.9. The first-order chi connectivity index (χ1) is 15.5. The normalized spacial score (nSPS) is 21.9. The van der Waals surface area contributed by atoms with E-state index in [1.807, 2.05) is 60.7 Å². The van der Waals surface area contributed by atoms with Gasteiger partial charge in [0.1, 0.15) is 0 Å². The number of nitrogens with zero attached hydrogens (tertiary/aromatic N) is 2. The SMILES string of the molecule is O=C(O)C[C@H]1S[C@]2(C(=O)N(Cc3ccccc3)c3ccccc32)N(c2ccccc2)C1=O. The number of benzene rings is 3. The van der Waals surface area contributed by atoms with E-state index in [0.29, 0.717) is 17.8 Å². The lowest BCUT2D eigenvalue weighted by Crippen LogP contribution is -2.49. The molecule has 0 aromatic heterocycles. The van der Waals surface area contributed by atoms with Gasteiger partial charge >= 0.3 is 5.97 Å². The van der Waals surface area contributed by atoms with Gasteiger partial charge in [0.25, 0.3) is 5.91 Å². The summed E-state index contributed by atoms with van der Waals surface area (Å²) in [6.07, 6.45) is -0.345. The van der Waals surface area contributed by atoms with Crippen LogP contribution in [0, 0.1) is 0 Å². The lowest BCUT2D eigenvalue weighted by molar-refractivity contribution is -0.138. The summed E-state index contributed by atoms with van der Waals surface area (Å²) in [6.45, 7) is 0.361. The van der Waals surface area contributed by atoms with Crippen molar-refractivity contribution >= 4 is 40.9 Å². The smallest absolute Gasteiger partial charge is 0.305 e. The Morgan fingerprint density at radius 2 is 1.53 bits per heavy atom. The lowest BCUT2D eigenvalue weighted by atomic mass is 10.0. The molecule has 0 saturated carbocycles. The molecule has 32 heavy (non-hydrogen) atoms. The van der Waals surface area contributed by atoms with E-state index >= 15 is 0 Å². The van der Waals surface area contributed by atoms with Crippen LogP contribution in [0.1, 0.15) is 17.5 Å². The summed E-state index contributed by atoms with van der Waals surface area (Å²) in [7, 11) is 0. The third-order valence-electron chi connectivity index (χ3n) is 5.78. The molecule has 7 heteroatoms. The van der Waals surface area contributed by atoms with Gasteiger partial charge in [-0.1, -0.05) is 66.7 Å². The molecule has 0 bridgehead atoms. The van der Waals surface area contributed by atoms with Crippen molar-refractivity contribution in [1.29, 1.82) is 0 Å². The Balaban J connectivity index is 1.67. The minimum Gasteiger partial charge on any atom is -0.481 e. The second-order valence-corrected chi connectivity index (χ2v) is 9.15. The highest BCUT2D eigenvalue weighted by atomic mass is 32.2. The third kappa shape index (κ3) is 3.08. The molecule has 6 nitrogen and oxygen atoms in total. The number of hydrogen-bond donors (Lipinski definition) is 1. The number of rotatable bonds is 5. The van der Waals surface area contributed by atoms with E-state index in [4.69, 9.17) is 0 Å². The van der Waals surface area contributed by atoms with E-state index < -0.39 is 16.1 Å². The predicted molar refractivity (Wildman–Crippen MR) is 123 cm³/mol. The number of carbonyl (C=O) groups excluding carboxylic acids is 2. The second-order valence-electron chi connectivity index (χ2n) is 7.75. The number of carboxylic acids is 1. The van der Waals surface area contributed by atoms with Gasteiger partial charge in [-0.25, -0.2) is 0 Å². The number of hydrogen-bond acceptors (Lipinski definition) is 4. The highest BCUT2D eigenvalue weighted by Crippen LogP contribution is 2.58. The molecule has 2 amide bonds. The van der Waals surface area contributed by atoms with Crippen LogP contribution in [-0.4, -0.2) is 28.1 Å². The molecule has 1 saturated heterocycles. The Kier molecular flexibility index (Phi) is 4.98. The Labute approximate surface area is 189 Å². The molecule has 0 radical (unpaired) electrons. The van der Waals surface area contributed by atoms with Crippen molar-refractivity contribution in [2.45, 2.75) is 23.1 Å². The molecule has 2 aliphatic rings. The van der Waals surface area contributed by atoms with Crippen LogP contribution < -0.4 is 9.80 Å². The fourth-order valence-electron chi connectivity index (χ4n) is 4.44. The molecule has 5 rings (SSSR count). The van der Waals surface area contributed by atoms with E-state index in [0.717, 1.165) is 23.0 Å². The first kappa shape index (κ1) is 20.3. The summed E-state index contributed by atoms with van der Waals surface area (Å²) in [5.41, 5.74) is 2.98. The number of fused-ring (bicyclic) bond motifs is 2. The van der Waals surface area contributed by atoms with Crippen molar-refractivity contribution in [2.24, 2.45) is 0 Å². The van der Waals surface area contributed by atoms with E-state index in [9.17, 15) is 19.5 Å². The molecule has 2 heterocycles. The molecular weight excluding hydrogens is 424 g/mol. The molecule has 1 fully saturated rings. The fraction of sp³-hybridized carbons (Fsp3) is 0.160. The summed E-state index contributed by atoms with van der Waals surface area (Å²) < 4.78 is 0. The number of para-hydroxylation sites is 2. The summed E-state index contributed by atoms with van der Waals surface area (Å²) in [4.78, 5) is 41.0. The second kappa shape index (κ2) is 7.84. The van der Waals surface area contributed by atoms with Crippen molar-refractivity contribution < 1.29 is 19.5 Å². The zero-order valence-electron chi connectivity index (χ0n) is 17.0. The molecule has 160 valence electrons. The Hall–Kier alpha value is -3.58. The molecule has 2 aliphatic heterocycles. The van der Waals surface area contributed by atoms with Crippen LogP contribution >= 0.6 is 11.8 Å². The van der Waals surface area contributed by atoms with Gasteiger partial charge in [-0.2, -0.15) is 0 Å². The van der Waals surface area contributed by atoms with E-state index in [2.05, 4.69) is 0 Å². The Morgan fingerprint density at radius 3 is 2.22 bits per heavy atom. The van der Waals surface area contributed by atoms with Gasteiger partial charge in [0.2, 0.25) is 10.8 Å². The van der Waals surface area contributed by atoms with Crippen LogP contribution in [0.3, 0.4) is 0 Å².